The Kier molecular flexibility index (Phi) is 5.60. The molecule has 30 heavy (non-hydrogen) atoms. The number of pyridine rings is 1. The van der Waals surface area contributed by atoms with Gasteiger partial charge in [0, 0.05) is 51.2 Å². The number of rotatable bonds is 3. The number of anilines is 2. The lowest BCUT2D eigenvalue weighted by Gasteiger charge is -2.36. The first-order valence-electron chi connectivity index (χ1n) is 10.2. The third-order valence-corrected chi connectivity index (χ3v) is 5.82. The summed E-state index contributed by atoms with van der Waals surface area (Å²) < 4.78 is 29.5. The maximum absolute atomic E-state index is 14.8. The Morgan fingerprint density at radius 1 is 0.933 bits per heavy atom. The molecule has 2 aliphatic rings. The van der Waals surface area contributed by atoms with Crippen LogP contribution in [0, 0.1) is 25.5 Å². The Labute approximate surface area is 175 Å². The van der Waals surface area contributed by atoms with Gasteiger partial charge in [0.1, 0.15) is 23.0 Å². The molecule has 4 rings (SSSR count). The van der Waals surface area contributed by atoms with Gasteiger partial charge in [0.15, 0.2) is 0 Å². The second-order valence-corrected chi connectivity index (χ2v) is 8.20. The van der Waals surface area contributed by atoms with Gasteiger partial charge in [-0.25, -0.2) is 13.8 Å². The molecule has 0 atom stereocenters. The lowest BCUT2D eigenvalue weighted by Crippen LogP contribution is -2.49. The maximum Gasteiger partial charge on any atom is 0.259 e. The molecule has 2 fully saturated rings. The largest absolute Gasteiger partial charge is 0.357 e. The fourth-order valence-electron chi connectivity index (χ4n) is 4.20. The van der Waals surface area contributed by atoms with Crippen LogP contribution in [0.15, 0.2) is 24.4 Å². The van der Waals surface area contributed by atoms with Crippen LogP contribution in [0.25, 0.3) is 0 Å². The molecule has 0 spiro atoms. The minimum Gasteiger partial charge on any atom is -0.357 e. The van der Waals surface area contributed by atoms with Gasteiger partial charge in [-0.05, 0) is 44.2 Å². The summed E-state index contributed by atoms with van der Waals surface area (Å²) in [5.74, 6) is -1.31. The molecule has 2 aromatic rings. The summed E-state index contributed by atoms with van der Waals surface area (Å²) in [6, 6.07) is 4.61. The molecular formula is C22H27F2N5O. The molecular weight excluding hydrogens is 388 g/mol. The van der Waals surface area contributed by atoms with E-state index in [4.69, 9.17) is 0 Å². The van der Waals surface area contributed by atoms with Crippen molar-refractivity contribution in [2.45, 2.75) is 13.8 Å². The molecule has 0 saturated carbocycles. The van der Waals surface area contributed by atoms with Crippen molar-refractivity contribution >= 4 is 17.4 Å². The van der Waals surface area contributed by atoms with Crippen LogP contribution in [0.3, 0.4) is 0 Å². The molecule has 0 aliphatic carbocycles. The number of likely N-dealkylation sites (N-methyl/N-ethyl adjacent to an activating group) is 1. The van der Waals surface area contributed by atoms with Gasteiger partial charge in [-0.2, -0.15) is 0 Å². The SMILES string of the molecule is Cc1cnc(N2CCN(C(=O)c3c(F)cc(N4CCN(C)C4)cc3F)CC2)c(C)c1. The highest BCUT2D eigenvalue weighted by Crippen LogP contribution is 2.26. The second-order valence-electron chi connectivity index (χ2n) is 8.20. The number of hydrogen-bond donors (Lipinski definition) is 0. The molecule has 160 valence electrons. The molecule has 2 aliphatic heterocycles. The van der Waals surface area contributed by atoms with Crippen molar-refractivity contribution in [1.82, 2.24) is 14.8 Å². The summed E-state index contributed by atoms with van der Waals surface area (Å²) in [6.07, 6.45) is 1.82. The average Bonchev–Trinajstić information content (AvgIpc) is 3.14. The van der Waals surface area contributed by atoms with Crippen LogP contribution in [0.4, 0.5) is 20.3 Å². The Bertz CT molecular complexity index is 936. The standard InChI is InChI=1S/C22H27F2N5O/c1-15-10-16(2)21(25-13-15)27-6-8-28(9-7-27)22(30)20-18(23)11-17(12-19(20)24)29-5-4-26(3)14-29/h10-13H,4-9,14H2,1-3H3. The number of amides is 1. The summed E-state index contributed by atoms with van der Waals surface area (Å²) in [5, 5.41) is 0. The number of aryl methyl sites for hydroxylation is 2. The summed E-state index contributed by atoms with van der Waals surface area (Å²) >= 11 is 0. The molecule has 0 N–H and O–H groups in total. The highest BCUT2D eigenvalue weighted by atomic mass is 19.1. The smallest absolute Gasteiger partial charge is 0.259 e. The first kappa shape index (κ1) is 20.5. The number of benzene rings is 1. The van der Waals surface area contributed by atoms with Crippen LogP contribution < -0.4 is 9.80 Å². The normalized spacial score (nSPS) is 17.7. The van der Waals surface area contributed by atoms with E-state index < -0.39 is 23.1 Å². The van der Waals surface area contributed by atoms with Gasteiger partial charge in [0.05, 0.1) is 6.67 Å². The van der Waals surface area contributed by atoms with E-state index in [9.17, 15) is 13.6 Å². The number of halogens is 2. The van der Waals surface area contributed by atoms with Crippen molar-refractivity contribution in [1.29, 1.82) is 0 Å². The summed E-state index contributed by atoms with van der Waals surface area (Å²) in [6.45, 7) is 8.10. The van der Waals surface area contributed by atoms with Gasteiger partial charge in [0.2, 0.25) is 0 Å². The topological polar surface area (TPSA) is 42.9 Å². The lowest BCUT2D eigenvalue weighted by atomic mass is 10.1. The third-order valence-electron chi connectivity index (χ3n) is 5.82. The molecule has 2 saturated heterocycles. The number of piperazine rings is 1. The van der Waals surface area contributed by atoms with Gasteiger partial charge in [-0.15, -0.1) is 0 Å². The minimum absolute atomic E-state index is 0.394. The Balaban J connectivity index is 1.46. The fourth-order valence-corrected chi connectivity index (χ4v) is 4.20. The lowest BCUT2D eigenvalue weighted by molar-refractivity contribution is 0.0736. The van der Waals surface area contributed by atoms with Crippen LogP contribution >= 0.6 is 0 Å². The van der Waals surface area contributed by atoms with Crippen LogP contribution in [-0.2, 0) is 0 Å². The molecule has 1 aromatic carbocycles. The molecule has 1 amide bonds. The number of aromatic nitrogens is 1. The maximum atomic E-state index is 14.8. The van der Waals surface area contributed by atoms with Crippen molar-refractivity contribution in [3.05, 3.63) is 52.7 Å². The summed E-state index contributed by atoms with van der Waals surface area (Å²) in [7, 11) is 1.96. The highest BCUT2D eigenvalue weighted by Gasteiger charge is 2.29. The first-order valence-corrected chi connectivity index (χ1v) is 10.2. The third kappa shape index (κ3) is 3.96. The zero-order chi connectivity index (χ0) is 21.4. The van der Waals surface area contributed by atoms with Crippen molar-refractivity contribution in [3.63, 3.8) is 0 Å². The first-order chi connectivity index (χ1) is 14.3. The Morgan fingerprint density at radius 3 is 2.13 bits per heavy atom. The molecule has 6 nitrogen and oxygen atoms in total. The number of hydrogen-bond acceptors (Lipinski definition) is 5. The Morgan fingerprint density at radius 2 is 1.57 bits per heavy atom. The van der Waals surface area contributed by atoms with Crippen LogP contribution in [0.2, 0.25) is 0 Å². The second kappa shape index (κ2) is 8.18. The monoisotopic (exact) mass is 415 g/mol. The molecule has 0 unspecified atom stereocenters. The van der Waals surface area contributed by atoms with Crippen LogP contribution in [0.1, 0.15) is 21.5 Å². The van der Waals surface area contributed by atoms with Gasteiger partial charge in [-0.3, -0.25) is 9.69 Å². The predicted molar refractivity (Wildman–Crippen MR) is 113 cm³/mol. The number of nitrogens with zero attached hydrogens (tertiary/aromatic N) is 5. The fraction of sp³-hybridized carbons (Fsp3) is 0.455. The highest BCUT2D eigenvalue weighted by molar-refractivity contribution is 5.95. The van der Waals surface area contributed by atoms with Gasteiger partial charge < -0.3 is 14.7 Å². The average molecular weight is 415 g/mol. The van der Waals surface area contributed by atoms with Crippen molar-refractivity contribution in [2.24, 2.45) is 0 Å². The van der Waals surface area contributed by atoms with Crippen molar-refractivity contribution in [3.8, 4) is 0 Å². The van der Waals surface area contributed by atoms with Gasteiger partial charge in [-0.1, -0.05) is 6.07 Å². The van der Waals surface area contributed by atoms with Crippen LogP contribution in [-0.4, -0.2) is 73.7 Å². The zero-order valence-electron chi connectivity index (χ0n) is 17.7. The van der Waals surface area contributed by atoms with E-state index in [1.165, 1.54) is 17.0 Å². The number of carbonyl (C=O) groups excluding carboxylic acids is 1. The molecule has 0 bridgehead atoms. The van der Waals surface area contributed by atoms with E-state index in [1.807, 2.05) is 32.0 Å². The van der Waals surface area contributed by atoms with E-state index in [1.54, 1.807) is 0 Å². The van der Waals surface area contributed by atoms with E-state index in [2.05, 4.69) is 20.9 Å². The minimum atomic E-state index is -0.803. The van der Waals surface area contributed by atoms with Crippen molar-refractivity contribution < 1.29 is 13.6 Å². The van der Waals surface area contributed by atoms with E-state index in [0.717, 1.165) is 23.5 Å². The van der Waals surface area contributed by atoms with Crippen LogP contribution in [0.5, 0.6) is 0 Å². The summed E-state index contributed by atoms with van der Waals surface area (Å²) in [5.41, 5.74) is 2.18. The molecule has 3 heterocycles. The van der Waals surface area contributed by atoms with E-state index in [-0.39, 0.29) is 0 Å². The van der Waals surface area contributed by atoms with E-state index >= 15 is 0 Å². The summed E-state index contributed by atoms with van der Waals surface area (Å²) in [4.78, 5) is 25.0. The zero-order valence-corrected chi connectivity index (χ0v) is 17.7. The van der Waals surface area contributed by atoms with E-state index in [0.29, 0.717) is 45.1 Å². The number of carbonyl (C=O) groups is 1. The molecule has 0 radical (unpaired) electrons. The molecule has 8 heteroatoms. The Hall–Kier alpha value is -2.74. The quantitative estimate of drug-likeness (QED) is 0.771. The predicted octanol–water partition coefficient (Wildman–Crippen LogP) is 2.65. The molecule has 1 aromatic heterocycles. The van der Waals surface area contributed by atoms with Crippen molar-refractivity contribution in [2.75, 3.05) is 62.8 Å². The van der Waals surface area contributed by atoms with Gasteiger partial charge in [0.25, 0.3) is 5.91 Å². The van der Waals surface area contributed by atoms with Gasteiger partial charge >= 0.3 is 0 Å².